The van der Waals surface area contributed by atoms with Crippen LogP contribution < -0.4 is 5.32 Å². The molecule has 2 heterocycles. The quantitative estimate of drug-likeness (QED) is 0.577. The van der Waals surface area contributed by atoms with Crippen molar-refractivity contribution in [1.82, 2.24) is 20.2 Å². The van der Waals surface area contributed by atoms with E-state index < -0.39 is 0 Å². The highest BCUT2D eigenvalue weighted by molar-refractivity contribution is 7.13. The number of carbonyl (C=O) groups is 1. The van der Waals surface area contributed by atoms with E-state index in [0.717, 1.165) is 35.9 Å². The second kappa shape index (κ2) is 11.7. The molecule has 0 aromatic carbocycles. The van der Waals surface area contributed by atoms with Crippen LogP contribution >= 0.6 is 11.3 Å². The molecule has 1 N–H and O–H groups in total. The maximum atomic E-state index is 11.9. The largest absolute Gasteiger partial charge is 0.378 e. The maximum absolute atomic E-state index is 11.9. The number of aromatic nitrogens is 2. The van der Waals surface area contributed by atoms with Crippen molar-refractivity contribution < 1.29 is 9.53 Å². The lowest BCUT2D eigenvalue weighted by molar-refractivity contribution is -0.121. The fourth-order valence-corrected chi connectivity index (χ4v) is 3.34. The van der Waals surface area contributed by atoms with E-state index in [1.807, 2.05) is 17.5 Å². The SMILES string of the molecule is CCN(CC)CCOCCNC(=O)CCc1csc(-c2ccncc2)n1. The lowest BCUT2D eigenvalue weighted by Crippen LogP contribution is -2.30. The van der Waals surface area contributed by atoms with Crippen molar-refractivity contribution in [2.75, 3.05) is 39.4 Å². The van der Waals surface area contributed by atoms with Gasteiger partial charge in [0.05, 0.1) is 18.9 Å². The zero-order chi connectivity index (χ0) is 18.6. The molecule has 0 fully saturated rings. The van der Waals surface area contributed by atoms with Crippen LogP contribution in [0.4, 0.5) is 0 Å². The van der Waals surface area contributed by atoms with E-state index in [0.29, 0.717) is 32.6 Å². The lowest BCUT2D eigenvalue weighted by atomic mass is 10.2. The van der Waals surface area contributed by atoms with E-state index >= 15 is 0 Å². The van der Waals surface area contributed by atoms with Crippen LogP contribution in [0.2, 0.25) is 0 Å². The second-order valence-electron chi connectivity index (χ2n) is 5.87. The van der Waals surface area contributed by atoms with Crippen LogP contribution in [0.25, 0.3) is 10.6 Å². The van der Waals surface area contributed by atoms with Crippen LogP contribution in [-0.4, -0.2) is 60.2 Å². The molecule has 2 aromatic rings. The van der Waals surface area contributed by atoms with Crippen molar-refractivity contribution in [1.29, 1.82) is 0 Å². The van der Waals surface area contributed by atoms with Gasteiger partial charge in [-0.25, -0.2) is 4.98 Å². The molecule has 2 rings (SSSR count). The summed E-state index contributed by atoms with van der Waals surface area (Å²) in [5.74, 6) is 0.0378. The molecule has 0 aliphatic carbocycles. The summed E-state index contributed by atoms with van der Waals surface area (Å²) in [6.07, 6.45) is 4.61. The van der Waals surface area contributed by atoms with Crippen LogP contribution in [0.15, 0.2) is 29.9 Å². The van der Waals surface area contributed by atoms with Crippen LogP contribution in [0.5, 0.6) is 0 Å². The van der Waals surface area contributed by atoms with Gasteiger partial charge >= 0.3 is 0 Å². The normalized spacial score (nSPS) is 11.0. The molecule has 0 bridgehead atoms. The molecular weight excluding hydrogens is 348 g/mol. The number of carbonyl (C=O) groups excluding carboxylic acids is 1. The van der Waals surface area contributed by atoms with Crippen molar-refractivity contribution in [3.8, 4) is 10.6 Å². The molecule has 0 saturated carbocycles. The van der Waals surface area contributed by atoms with Gasteiger partial charge < -0.3 is 15.0 Å². The molecule has 0 atom stereocenters. The van der Waals surface area contributed by atoms with Gasteiger partial charge in [-0.15, -0.1) is 11.3 Å². The number of pyridine rings is 1. The maximum Gasteiger partial charge on any atom is 0.220 e. The molecule has 0 aliphatic rings. The number of thiazole rings is 1. The third-order valence-electron chi connectivity index (χ3n) is 4.10. The van der Waals surface area contributed by atoms with E-state index in [4.69, 9.17) is 4.74 Å². The monoisotopic (exact) mass is 376 g/mol. The molecule has 0 aliphatic heterocycles. The van der Waals surface area contributed by atoms with Gasteiger partial charge in [0.2, 0.25) is 5.91 Å². The van der Waals surface area contributed by atoms with Crippen LogP contribution in [0, 0.1) is 0 Å². The van der Waals surface area contributed by atoms with Crippen LogP contribution in [0.3, 0.4) is 0 Å². The van der Waals surface area contributed by atoms with E-state index in [-0.39, 0.29) is 5.91 Å². The highest BCUT2D eigenvalue weighted by Gasteiger charge is 2.07. The van der Waals surface area contributed by atoms with Gasteiger partial charge in [0.1, 0.15) is 5.01 Å². The number of nitrogens with zero attached hydrogens (tertiary/aromatic N) is 3. The van der Waals surface area contributed by atoms with Gasteiger partial charge in [-0.05, 0) is 31.6 Å². The van der Waals surface area contributed by atoms with Crippen molar-refractivity contribution in [2.45, 2.75) is 26.7 Å². The number of rotatable bonds is 12. The van der Waals surface area contributed by atoms with Gasteiger partial charge in [-0.1, -0.05) is 13.8 Å². The Morgan fingerprint density at radius 1 is 1.23 bits per heavy atom. The second-order valence-corrected chi connectivity index (χ2v) is 6.73. The first-order valence-corrected chi connectivity index (χ1v) is 10.0. The van der Waals surface area contributed by atoms with Crippen molar-refractivity contribution in [3.63, 3.8) is 0 Å². The Morgan fingerprint density at radius 2 is 2.00 bits per heavy atom. The topological polar surface area (TPSA) is 67.3 Å². The summed E-state index contributed by atoms with van der Waals surface area (Å²) in [7, 11) is 0. The molecule has 142 valence electrons. The first kappa shape index (κ1) is 20.5. The summed E-state index contributed by atoms with van der Waals surface area (Å²) in [6.45, 7) is 9.11. The van der Waals surface area contributed by atoms with Crippen molar-refractivity contribution in [2.24, 2.45) is 0 Å². The van der Waals surface area contributed by atoms with E-state index in [1.54, 1.807) is 23.7 Å². The Bertz CT molecular complexity index is 644. The van der Waals surface area contributed by atoms with Gasteiger partial charge in [-0.2, -0.15) is 0 Å². The molecule has 0 saturated heterocycles. The van der Waals surface area contributed by atoms with Crippen LogP contribution in [-0.2, 0) is 16.0 Å². The Balaban J connectivity index is 1.59. The average Bonchev–Trinajstić information content (AvgIpc) is 3.16. The van der Waals surface area contributed by atoms with E-state index in [2.05, 4.69) is 34.0 Å². The van der Waals surface area contributed by atoms with Gasteiger partial charge in [0.15, 0.2) is 0 Å². The Morgan fingerprint density at radius 3 is 2.73 bits per heavy atom. The number of ether oxygens (including phenoxy) is 1. The van der Waals surface area contributed by atoms with Gasteiger partial charge in [-0.3, -0.25) is 9.78 Å². The molecule has 6 nitrogen and oxygen atoms in total. The smallest absolute Gasteiger partial charge is 0.220 e. The summed E-state index contributed by atoms with van der Waals surface area (Å²) in [6, 6.07) is 3.88. The predicted octanol–water partition coefficient (Wildman–Crippen LogP) is 2.61. The predicted molar refractivity (Wildman–Crippen MR) is 105 cm³/mol. The minimum Gasteiger partial charge on any atom is -0.378 e. The summed E-state index contributed by atoms with van der Waals surface area (Å²) in [4.78, 5) is 22.8. The molecule has 0 unspecified atom stereocenters. The standard InChI is InChI=1S/C19H28N4O2S/c1-3-23(4-2)12-14-25-13-11-21-18(24)6-5-17-15-26-19(22-17)16-7-9-20-10-8-16/h7-10,15H,3-6,11-14H2,1-2H3,(H,21,24). The fourth-order valence-electron chi connectivity index (χ4n) is 2.48. The number of amides is 1. The number of likely N-dealkylation sites (N-methyl/N-ethyl adjacent to an activating group) is 1. The fraction of sp³-hybridized carbons (Fsp3) is 0.526. The van der Waals surface area contributed by atoms with Gasteiger partial charge in [0, 0.05) is 42.8 Å². The highest BCUT2D eigenvalue weighted by Crippen LogP contribution is 2.23. The minimum atomic E-state index is 0.0378. The number of nitrogens with one attached hydrogen (secondary N) is 1. The molecule has 0 radical (unpaired) electrons. The first-order valence-electron chi connectivity index (χ1n) is 9.14. The molecule has 7 heteroatoms. The van der Waals surface area contributed by atoms with Crippen LogP contribution in [0.1, 0.15) is 26.0 Å². The zero-order valence-electron chi connectivity index (χ0n) is 15.6. The van der Waals surface area contributed by atoms with E-state index in [9.17, 15) is 4.79 Å². The third kappa shape index (κ3) is 7.19. The summed E-state index contributed by atoms with van der Waals surface area (Å²) in [5.41, 5.74) is 2.01. The molecule has 26 heavy (non-hydrogen) atoms. The molecule has 0 spiro atoms. The lowest BCUT2D eigenvalue weighted by Gasteiger charge is -2.17. The third-order valence-corrected chi connectivity index (χ3v) is 5.04. The zero-order valence-corrected chi connectivity index (χ0v) is 16.4. The Hall–Kier alpha value is -1.83. The first-order chi connectivity index (χ1) is 12.7. The molecule has 1 amide bonds. The van der Waals surface area contributed by atoms with Gasteiger partial charge in [0.25, 0.3) is 0 Å². The minimum absolute atomic E-state index is 0.0378. The van der Waals surface area contributed by atoms with E-state index in [1.165, 1.54) is 0 Å². The van der Waals surface area contributed by atoms with Crippen molar-refractivity contribution in [3.05, 3.63) is 35.6 Å². The summed E-state index contributed by atoms with van der Waals surface area (Å²) in [5, 5.41) is 5.87. The summed E-state index contributed by atoms with van der Waals surface area (Å²) >= 11 is 1.59. The highest BCUT2D eigenvalue weighted by atomic mass is 32.1. The number of hydrogen-bond acceptors (Lipinski definition) is 6. The average molecular weight is 377 g/mol. The Labute approximate surface area is 159 Å². The molecule has 2 aromatic heterocycles. The molecular formula is C19H28N4O2S. The summed E-state index contributed by atoms with van der Waals surface area (Å²) < 4.78 is 5.56. The number of hydrogen-bond donors (Lipinski definition) is 1. The van der Waals surface area contributed by atoms with Crippen molar-refractivity contribution >= 4 is 17.2 Å². The number of aryl methyl sites for hydroxylation is 1. The Kier molecular flexibility index (Phi) is 9.23.